The Balaban J connectivity index is 1.54. The normalized spacial score (nSPS) is 11.8. The third kappa shape index (κ3) is 4.70. The summed E-state index contributed by atoms with van der Waals surface area (Å²) >= 11 is 0. The molecule has 0 spiro atoms. The number of methoxy groups -OCH3 is 1. The summed E-state index contributed by atoms with van der Waals surface area (Å²) in [6, 6.07) is 19.0. The number of hydrogen-bond acceptors (Lipinski definition) is 4. The Labute approximate surface area is 152 Å². The van der Waals surface area contributed by atoms with Gasteiger partial charge in [0.25, 0.3) is 5.91 Å². The van der Waals surface area contributed by atoms with Crippen molar-refractivity contribution in [1.82, 2.24) is 5.16 Å². The highest BCUT2D eigenvalue weighted by molar-refractivity contribution is 5.91. The minimum Gasteiger partial charge on any atom is -0.497 e. The number of nitrogens with zero attached hydrogens (tertiary/aromatic N) is 1. The fourth-order valence-electron chi connectivity index (χ4n) is 2.69. The van der Waals surface area contributed by atoms with Crippen molar-refractivity contribution in [3.8, 4) is 17.1 Å². The number of hydrogen-bond donors (Lipinski definition) is 2. The summed E-state index contributed by atoms with van der Waals surface area (Å²) in [7, 11) is 3.54. The molecule has 1 unspecified atom stereocenters. The van der Waals surface area contributed by atoms with Crippen molar-refractivity contribution in [2.24, 2.45) is 0 Å². The van der Waals surface area contributed by atoms with Crippen LogP contribution in [-0.2, 0) is 11.3 Å². The molecule has 0 radical (unpaired) electrons. The predicted molar refractivity (Wildman–Crippen MR) is 99.0 cm³/mol. The van der Waals surface area contributed by atoms with Crippen molar-refractivity contribution >= 4 is 11.6 Å². The second kappa shape index (κ2) is 8.31. The van der Waals surface area contributed by atoms with Gasteiger partial charge in [0.15, 0.2) is 12.3 Å². The largest absolute Gasteiger partial charge is 0.497 e. The number of carbonyl (C=O) groups is 1. The molecule has 0 saturated heterocycles. The fraction of sp³-hybridized carbons (Fsp3) is 0.200. The maximum absolute atomic E-state index is 12.2. The molecular weight excluding hydrogens is 330 g/mol. The van der Waals surface area contributed by atoms with Gasteiger partial charge in [0.1, 0.15) is 18.0 Å². The van der Waals surface area contributed by atoms with E-state index in [4.69, 9.17) is 9.26 Å². The summed E-state index contributed by atoms with van der Waals surface area (Å²) in [6.07, 6.45) is 0. The molecule has 1 atom stereocenters. The van der Waals surface area contributed by atoms with Gasteiger partial charge in [-0.05, 0) is 12.1 Å². The zero-order valence-electron chi connectivity index (χ0n) is 14.9. The maximum atomic E-state index is 12.2. The molecular formula is C20H22N3O3+. The topological polar surface area (TPSA) is 68.8 Å². The highest BCUT2D eigenvalue weighted by Crippen LogP contribution is 2.19. The van der Waals surface area contributed by atoms with Crippen LogP contribution >= 0.6 is 0 Å². The quantitative estimate of drug-likeness (QED) is 0.682. The Hall–Kier alpha value is -3.12. The molecule has 6 heteroatoms. The van der Waals surface area contributed by atoms with Crippen LogP contribution in [0.3, 0.4) is 0 Å². The van der Waals surface area contributed by atoms with Gasteiger partial charge >= 0.3 is 0 Å². The first-order valence-corrected chi connectivity index (χ1v) is 8.40. The lowest BCUT2D eigenvalue weighted by Crippen LogP contribution is -3.08. The van der Waals surface area contributed by atoms with E-state index in [-0.39, 0.29) is 5.91 Å². The number of ether oxygens (including phenoxy) is 1. The fourth-order valence-corrected chi connectivity index (χ4v) is 2.69. The molecule has 0 aliphatic carbocycles. The summed E-state index contributed by atoms with van der Waals surface area (Å²) in [5, 5.41) is 6.98. The van der Waals surface area contributed by atoms with Gasteiger partial charge < -0.3 is 19.5 Å². The van der Waals surface area contributed by atoms with E-state index < -0.39 is 0 Å². The number of quaternary nitrogens is 1. The number of anilines is 1. The Morgan fingerprint density at radius 3 is 2.73 bits per heavy atom. The summed E-state index contributed by atoms with van der Waals surface area (Å²) in [6.45, 7) is 0.923. The van der Waals surface area contributed by atoms with Crippen molar-refractivity contribution in [2.75, 3.05) is 26.0 Å². The van der Waals surface area contributed by atoms with Gasteiger partial charge in [-0.15, -0.1) is 0 Å². The molecule has 1 aromatic heterocycles. The molecule has 0 fully saturated rings. The average molecular weight is 352 g/mol. The third-order valence-corrected chi connectivity index (χ3v) is 3.92. The Morgan fingerprint density at radius 2 is 1.96 bits per heavy atom. The van der Waals surface area contributed by atoms with Gasteiger partial charge in [0, 0.05) is 23.4 Å². The van der Waals surface area contributed by atoms with Crippen LogP contribution in [0.4, 0.5) is 5.69 Å². The molecule has 0 aliphatic heterocycles. The minimum absolute atomic E-state index is 0.0671. The number of carbonyl (C=O) groups excluding carboxylic acids is 1. The van der Waals surface area contributed by atoms with Crippen LogP contribution in [0.1, 0.15) is 5.69 Å². The number of amides is 1. The average Bonchev–Trinajstić information content (AvgIpc) is 3.10. The van der Waals surface area contributed by atoms with Gasteiger partial charge in [-0.25, -0.2) is 0 Å². The van der Waals surface area contributed by atoms with Crippen molar-refractivity contribution in [1.29, 1.82) is 0 Å². The Kier molecular flexibility index (Phi) is 5.66. The first kappa shape index (κ1) is 17.7. The number of aromatic nitrogens is 1. The van der Waals surface area contributed by atoms with E-state index in [2.05, 4.69) is 10.5 Å². The number of benzene rings is 2. The summed E-state index contributed by atoms with van der Waals surface area (Å²) in [5.41, 5.74) is 2.52. The van der Waals surface area contributed by atoms with E-state index in [1.54, 1.807) is 13.2 Å². The lowest BCUT2D eigenvalue weighted by Gasteiger charge is -2.12. The van der Waals surface area contributed by atoms with Crippen molar-refractivity contribution in [3.05, 3.63) is 66.4 Å². The van der Waals surface area contributed by atoms with Crippen molar-refractivity contribution in [2.45, 2.75) is 6.54 Å². The molecule has 6 nitrogen and oxygen atoms in total. The molecule has 0 saturated carbocycles. The molecule has 1 amide bonds. The van der Waals surface area contributed by atoms with Gasteiger partial charge in [-0.3, -0.25) is 4.79 Å². The molecule has 1 heterocycles. The maximum Gasteiger partial charge on any atom is 0.279 e. The Morgan fingerprint density at radius 1 is 1.15 bits per heavy atom. The summed E-state index contributed by atoms with van der Waals surface area (Å²) in [5.74, 6) is 1.37. The highest BCUT2D eigenvalue weighted by Gasteiger charge is 2.14. The predicted octanol–water partition coefficient (Wildman–Crippen LogP) is 2.00. The monoisotopic (exact) mass is 352 g/mol. The van der Waals surface area contributed by atoms with E-state index in [1.165, 1.54) is 0 Å². The second-order valence-electron chi connectivity index (χ2n) is 6.14. The van der Waals surface area contributed by atoms with E-state index in [0.29, 0.717) is 18.8 Å². The summed E-state index contributed by atoms with van der Waals surface area (Å²) in [4.78, 5) is 13.2. The molecule has 3 aromatic rings. The number of nitrogens with one attached hydrogen (secondary N) is 2. The van der Waals surface area contributed by atoms with Crippen LogP contribution < -0.4 is 15.0 Å². The third-order valence-electron chi connectivity index (χ3n) is 3.92. The van der Waals surface area contributed by atoms with Crippen LogP contribution in [0.15, 0.2) is 65.2 Å². The molecule has 2 N–H and O–H groups in total. The second-order valence-corrected chi connectivity index (χ2v) is 6.14. The van der Waals surface area contributed by atoms with Crippen LogP contribution in [0, 0.1) is 0 Å². The highest BCUT2D eigenvalue weighted by atomic mass is 16.5. The number of rotatable bonds is 7. The SMILES string of the molecule is COc1cccc(NC(=O)C[NH+](C)Cc2cc(-c3ccccc3)on2)c1. The minimum atomic E-state index is -0.0671. The number of likely N-dealkylation sites (N-methyl/N-ethyl adjacent to an activating group) is 1. The van der Waals surface area contributed by atoms with Crippen LogP contribution in [0.2, 0.25) is 0 Å². The van der Waals surface area contributed by atoms with Gasteiger partial charge in [0.05, 0.1) is 14.2 Å². The molecule has 3 rings (SSSR count). The molecule has 134 valence electrons. The molecule has 2 aromatic carbocycles. The van der Waals surface area contributed by atoms with E-state index in [0.717, 1.165) is 27.6 Å². The first-order valence-electron chi connectivity index (χ1n) is 8.40. The molecule has 26 heavy (non-hydrogen) atoms. The van der Waals surface area contributed by atoms with Gasteiger partial charge in [-0.2, -0.15) is 0 Å². The smallest absolute Gasteiger partial charge is 0.279 e. The van der Waals surface area contributed by atoms with Crippen molar-refractivity contribution < 1.29 is 19.0 Å². The van der Waals surface area contributed by atoms with Crippen molar-refractivity contribution in [3.63, 3.8) is 0 Å². The zero-order chi connectivity index (χ0) is 18.4. The standard InChI is InChI=1S/C20H21N3O3/c1-23(14-20(24)21-16-9-6-10-18(11-16)25-2)13-17-12-19(26-22-17)15-7-4-3-5-8-15/h3-12H,13-14H2,1-2H3,(H,21,24)/p+1. The van der Waals surface area contributed by atoms with Crippen LogP contribution in [0.25, 0.3) is 11.3 Å². The van der Waals surface area contributed by atoms with E-state index in [9.17, 15) is 4.79 Å². The Bertz CT molecular complexity index is 862. The van der Waals surface area contributed by atoms with Gasteiger partial charge in [0.2, 0.25) is 0 Å². The molecule has 0 bridgehead atoms. The zero-order valence-corrected chi connectivity index (χ0v) is 14.9. The molecule has 0 aliphatic rings. The lowest BCUT2D eigenvalue weighted by atomic mass is 10.1. The lowest BCUT2D eigenvalue weighted by molar-refractivity contribution is -0.885. The van der Waals surface area contributed by atoms with Crippen LogP contribution in [0.5, 0.6) is 5.75 Å². The van der Waals surface area contributed by atoms with Gasteiger partial charge in [-0.1, -0.05) is 41.6 Å². The first-order chi connectivity index (χ1) is 12.6. The van der Waals surface area contributed by atoms with Crippen LogP contribution in [-0.4, -0.2) is 31.8 Å². The van der Waals surface area contributed by atoms with E-state index in [1.807, 2.05) is 61.6 Å². The summed E-state index contributed by atoms with van der Waals surface area (Å²) < 4.78 is 10.6. The van der Waals surface area contributed by atoms with E-state index >= 15 is 0 Å².